The van der Waals surface area contributed by atoms with Crippen LogP contribution in [0.3, 0.4) is 0 Å². The molecule has 1 N–H and O–H groups in total. The Balaban J connectivity index is 3.02. The number of hydrogen-bond donors (Lipinski definition) is 1. The number of benzene rings is 1. The molecule has 59 valence electrons. The highest BCUT2D eigenvalue weighted by molar-refractivity contribution is 5.35. The summed E-state index contributed by atoms with van der Waals surface area (Å²) in [6.07, 6.45) is 0.896. The predicted octanol–water partition coefficient (Wildman–Crippen LogP) is 1.89. The van der Waals surface area contributed by atoms with Crippen molar-refractivity contribution in [3.63, 3.8) is 0 Å². The lowest BCUT2D eigenvalue weighted by Crippen LogP contribution is -1.86. The van der Waals surface area contributed by atoms with Gasteiger partial charge in [-0.2, -0.15) is 0 Å². The molecule has 0 aliphatic carbocycles. The summed E-state index contributed by atoms with van der Waals surface area (Å²) in [6, 6.07) is 5.16. The van der Waals surface area contributed by atoms with Gasteiger partial charge in [-0.1, -0.05) is 13.0 Å². The summed E-state index contributed by atoms with van der Waals surface area (Å²) in [7, 11) is 0. The van der Waals surface area contributed by atoms with Crippen LogP contribution in [0.2, 0.25) is 0 Å². The lowest BCUT2D eigenvalue weighted by Gasteiger charge is -2.01. The minimum absolute atomic E-state index is 0.109. The number of aryl methyl sites for hydroxylation is 1. The van der Waals surface area contributed by atoms with Crippen molar-refractivity contribution in [2.24, 2.45) is 0 Å². The maximum Gasteiger partial charge on any atom is 0.121 e. The van der Waals surface area contributed by atoms with E-state index in [9.17, 15) is 5.11 Å². The van der Waals surface area contributed by atoms with Crippen LogP contribution >= 0.6 is 0 Å². The summed E-state index contributed by atoms with van der Waals surface area (Å²) in [4.78, 5) is 0. The van der Waals surface area contributed by atoms with Crippen molar-refractivity contribution in [1.29, 1.82) is 0 Å². The molecule has 0 aromatic heterocycles. The second kappa shape index (κ2) is 3.39. The molecule has 1 aromatic rings. The fourth-order valence-corrected chi connectivity index (χ4v) is 0.974. The van der Waals surface area contributed by atoms with Gasteiger partial charge in [0.2, 0.25) is 0 Å². The molecule has 0 atom stereocenters. The molecule has 0 spiro atoms. The first-order valence-corrected chi connectivity index (χ1v) is 3.66. The van der Waals surface area contributed by atoms with E-state index in [2.05, 4.69) is 0 Å². The number of hydrogen-bond acceptors (Lipinski definition) is 1. The number of aromatic hydroxyl groups is 1. The normalized spacial score (nSPS) is 10.0. The monoisotopic (exact) mass is 151 g/mol. The van der Waals surface area contributed by atoms with Crippen LogP contribution < -0.4 is 0 Å². The highest BCUT2D eigenvalue weighted by Gasteiger charge is 1.99. The third kappa shape index (κ3) is 1.71. The first kappa shape index (κ1) is 8.08. The van der Waals surface area contributed by atoms with Crippen molar-refractivity contribution in [2.45, 2.75) is 20.0 Å². The summed E-state index contributed by atoms with van der Waals surface area (Å²) < 4.78 is 0. The average Bonchev–Trinajstić information content (AvgIpc) is 2.05. The first-order valence-electron chi connectivity index (χ1n) is 3.66. The molecule has 1 rings (SSSR count). The van der Waals surface area contributed by atoms with Gasteiger partial charge in [-0.05, 0) is 24.1 Å². The maximum atomic E-state index is 10.5. The van der Waals surface area contributed by atoms with Crippen molar-refractivity contribution < 1.29 is 10.2 Å². The summed E-state index contributed by atoms with van der Waals surface area (Å²) in [5.41, 5.74) is 1.58. The Hall–Kier alpha value is -1.02. The van der Waals surface area contributed by atoms with Gasteiger partial charge in [0.25, 0.3) is 0 Å². The topological polar surface area (TPSA) is 40.1 Å². The van der Waals surface area contributed by atoms with E-state index in [0.717, 1.165) is 12.0 Å². The van der Waals surface area contributed by atoms with Gasteiger partial charge < -0.3 is 5.11 Å². The quantitative estimate of drug-likeness (QED) is 0.688. The highest BCUT2D eigenvalue weighted by atomic mass is 16.3. The van der Waals surface area contributed by atoms with E-state index in [-0.39, 0.29) is 12.4 Å². The van der Waals surface area contributed by atoms with Gasteiger partial charge in [-0.15, -0.1) is 0 Å². The summed E-state index contributed by atoms with van der Waals surface area (Å²) in [5, 5.41) is 19.6. The van der Waals surface area contributed by atoms with Gasteiger partial charge in [0, 0.05) is 5.56 Å². The Labute approximate surface area is 66.1 Å². The van der Waals surface area contributed by atoms with E-state index < -0.39 is 0 Å². The molecule has 0 saturated carbocycles. The number of phenolic OH excluding ortho intramolecular Hbond substituents is 1. The number of rotatable bonds is 2. The molecule has 0 aliphatic heterocycles. The van der Waals surface area contributed by atoms with Gasteiger partial charge in [0.15, 0.2) is 0 Å². The average molecular weight is 151 g/mol. The van der Waals surface area contributed by atoms with E-state index in [4.69, 9.17) is 5.11 Å². The Kier molecular flexibility index (Phi) is 2.49. The zero-order valence-electron chi connectivity index (χ0n) is 6.50. The maximum absolute atomic E-state index is 10.5. The molecular weight excluding hydrogens is 140 g/mol. The third-order valence-corrected chi connectivity index (χ3v) is 1.71. The molecule has 0 heterocycles. The molecule has 0 unspecified atom stereocenters. The lowest BCUT2D eigenvalue weighted by molar-refractivity contribution is 0.174. The predicted molar refractivity (Wildman–Crippen MR) is 41.9 cm³/mol. The van der Waals surface area contributed by atoms with Crippen molar-refractivity contribution >= 4 is 0 Å². The highest BCUT2D eigenvalue weighted by Crippen LogP contribution is 2.18. The van der Waals surface area contributed by atoms with Gasteiger partial charge in [-0.3, -0.25) is 0 Å². The smallest absolute Gasteiger partial charge is 0.121 e. The molecular formula is C9H11O2. The van der Waals surface area contributed by atoms with Crippen molar-refractivity contribution in [1.82, 2.24) is 0 Å². The van der Waals surface area contributed by atoms with Crippen LogP contribution in [0.25, 0.3) is 0 Å². The van der Waals surface area contributed by atoms with Crippen molar-refractivity contribution in [3.8, 4) is 5.75 Å². The van der Waals surface area contributed by atoms with E-state index in [1.54, 1.807) is 12.1 Å². The summed E-state index contributed by atoms with van der Waals surface area (Å²) in [6.45, 7) is 1.67. The van der Waals surface area contributed by atoms with Crippen LogP contribution in [0.15, 0.2) is 18.2 Å². The molecule has 0 aliphatic rings. The molecule has 2 nitrogen and oxygen atoms in total. The second-order valence-corrected chi connectivity index (χ2v) is 2.46. The minimum Gasteiger partial charge on any atom is -0.508 e. The Morgan fingerprint density at radius 2 is 2.18 bits per heavy atom. The zero-order valence-corrected chi connectivity index (χ0v) is 6.50. The van der Waals surface area contributed by atoms with Crippen LogP contribution in [0.5, 0.6) is 5.75 Å². The Bertz CT molecular complexity index is 243. The molecule has 0 saturated heterocycles. The van der Waals surface area contributed by atoms with Crippen LogP contribution in [0.4, 0.5) is 0 Å². The van der Waals surface area contributed by atoms with Crippen LogP contribution in [0, 0.1) is 0 Å². The summed E-state index contributed by atoms with van der Waals surface area (Å²) in [5.74, 6) is 0.109. The SMILES string of the molecule is CCc1ccc(O)c(C[O])c1. The third-order valence-electron chi connectivity index (χ3n) is 1.71. The molecule has 1 aromatic carbocycles. The molecule has 0 amide bonds. The fraction of sp³-hybridized carbons (Fsp3) is 0.333. The molecule has 1 radical (unpaired) electrons. The lowest BCUT2D eigenvalue weighted by atomic mass is 10.1. The van der Waals surface area contributed by atoms with Gasteiger partial charge in [0.05, 0.1) is 0 Å². The van der Waals surface area contributed by atoms with E-state index in [1.165, 1.54) is 0 Å². The van der Waals surface area contributed by atoms with Crippen LogP contribution in [0.1, 0.15) is 18.1 Å². The van der Waals surface area contributed by atoms with Gasteiger partial charge >= 0.3 is 0 Å². The van der Waals surface area contributed by atoms with Crippen LogP contribution in [-0.2, 0) is 18.1 Å². The van der Waals surface area contributed by atoms with Crippen molar-refractivity contribution in [3.05, 3.63) is 29.3 Å². The molecule has 0 bridgehead atoms. The first-order chi connectivity index (χ1) is 5.27. The van der Waals surface area contributed by atoms with Crippen LogP contribution in [-0.4, -0.2) is 5.11 Å². The molecule has 2 heteroatoms. The van der Waals surface area contributed by atoms with Crippen molar-refractivity contribution in [2.75, 3.05) is 0 Å². The van der Waals surface area contributed by atoms with E-state index in [0.29, 0.717) is 5.56 Å². The van der Waals surface area contributed by atoms with Gasteiger partial charge in [0.1, 0.15) is 12.4 Å². The standard InChI is InChI=1S/C9H11O2/c1-2-7-3-4-9(11)8(5-7)6-10/h3-5,11H,2,6H2,1H3. The molecule has 0 fully saturated rings. The second-order valence-electron chi connectivity index (χ2n) is 2.46. The van der Waals surface area contributed by atoms with Gasteiger partial charge in [-0.25, -0.2) is 5.11 Å². The largest absolute Gasteiger partial charge is 0.508 e. The fourth-order valence-electron chi connectivity index (χ4n) is 0.974. The van der Waals surface area contributed by atoms with E-state index >= 15 is 0 Å². The zero-order chi connectivity index (χ0) is 8.27. The Morgan fingerprint density at radius 1 is 1.45 bits per heavy atom. The Morgan fingerprint density at radius 3 is 2.73 bits per heavy atom. The van der Waals surface area contributed by atoms with E-state index in [1.807, 2.05) is 13.0 Å². The molecule has 11 heavy (non-hydrogen) atoms. The number of phenols is 1. The summed E-state index contributed by atoms with van der Waals surface area (Å²) >= 11 is 0. The minimum atomic E-state index is -0.348.